The number of carboxylic acid groups (broad SMARTS) is 1. The summed E-state index contributed by atoms with van der Waals surface area (Å²) in [7, 11) is 0. The Morgan fingerprint density at radius 2 is 1.68 bits per heavy atom. The highest BCUT2D eigenvalue weighted by molar-refractivity contribution is 6.42. The van der Waals surface area contributed by atoms with E-state index in [4.69, 9.17) is 28.3 Å². The summed E-state index contributed by atoms with van der Waals surface area (Å²) in [5.74, 6) is -0.00936. The quantitative estimate of drug-likeness (QED) is 0.371. The minimum Gasteiger partial charge on any atom is -0.449 e. The van der Waals surface area contributed by atoms with E-state index in [0.717, 1.165) is 5.56 Å². The van der Waals surface area contributed by atoms with Crippen LogP contribution in [0.2, 0.25) is 10.0 Å². The Morgan fingerprint density at radius 3 is 2.27 bits per heavy atom. The molecule has 2 aromatic carbocycles. The first-order valence-corrected chi connectivity index (χ1v) is 6.89. The third kappa shape index (κ3) is 4.35. The minimum absolute atomic E-state index is 0.209. The molecule has 2 aromatic rings. The number of carbonyl (C=O) groups is 2. The van der Waals surface area contributed by atoms with Crippen LogP contribution < -0.4 is 4.74 Å². The van der Waals surface area contributed by atoms with Gasteiger partial charge in [-0.3, -0.25) is 4.79 Å². The average Bonchev–Trinajstić information content (AvgIpc) is 2.48. The van der Waals surface area contributed by atoms with Crippen LogP contribution >= 0.6 is 23.2 Å². The van der Waals surface area contributed by atoms with E-state index in [9.17, 15) is 9.59 Å². The molecule has 0 saturated heterocycles. The van der Waals surface area contributed by atoms with Crippen molar-refractivity contribution in [2.45, 2.75) is 0 Å². The maximum absolute atomic E-state index is 12.0. The van der Waals surface area contributed by atoms with Crippen LogP contribution in [0.3, 0.4) is 0 Å². The first-order chi connectivity index (χ1) is 10.5. The second-order valence-corrected chi connectivity index (χ2v) is 5.08. The molecule has 0 bridgehead atoms. The number of hydrogen-bond donors (Lipinski definition) is 1. The summed E-state index contributed by atoms with van der Waals surface area (Å²) in [4.78, 5) is 22.4. The second-order valence-electron chi connectivity index (χ2n) is 4.26. The van der Waals surface area contributed by atoms with Crippen LogP contribution in [0.1, 0.15) is 15.9 Å². The molecule has 0 aliphatic rings. The lowest BCUT2D eigenvalue weighted by Gasteiger charge is -2.00. The maximum Gasteiger partial charge on any atom is 0.511 e. The van der Waals surface area contributed by atoms with E-state index in [1.807, 2.05) is 0 Å². The van der Waals surface area contributed by atoms with Crippen LogP contribution in [0, 0.1) is 0 Å². The zero-order valence-electron chi connectivity index (χ0n) is 11.1. The highest BCUT2D eigenvalue weighted by Crippen LogP contribution is 2.23. The van der Waals surface area contributed by atoms with E-state index in [2.05, 4.69) is 4.74 Å². The monoisotopic (exact) mass is 336 g/mol. The number of rotatable bonds is 4. The third-order valence-corrected chi connectivity index (χ3v) is 3.46. The largest absolute Gasteiger partial charge is 0.511 e. The zero-order valence-corrected chi connectivity index (χ0v) is 12.6. The van der Waals surface area contributed by atoms with Gasteiger partial charge in [-0.15, -0.1) is 0 Å². The Hall–Kier alpha value is -2.30. The van der Waals surface area contributed by atoms with Crippen LogP contribution in [-0.2, 0) is 0 Å². The number of hydrogen-bond acceptors (Lipinski definition) is 3. The Balaban J connectivity index is 2.08. The molecular weight excluding hydrogens is 327 g/mol. The molecule has 0 fully saturated rings. The van der Waals surface area contributed by atoms with E-state index < -0.39 is 6.16 Å². The Morgan fingerprint density at radius 1 is 1.00 bits per heavy atom. The standard InChI is InChI=1S/C16H10Cl2O4/c17-13-7-4-11(9-14(13)18)15(19)8-3-10-1-5-12(6-2-10)22-16(20)21/h1-9H,(H,20,21)/b8-3+. The SMILES string of the molecule is O=C(O)Oc1ccc(/C=C/C(=O)c2ccc(Cl)c(Cl)c2)cc1. The third-order valence-electron chi connectivity index (χ3n) is 2.72. The van der Waals surface area contributed by atoms with Gasteiger partial charge < -0.3 is 9.84 Å². The van der Waals surface area contributed by atoms with Crippen LogP contribution in [0.4, 0.5) is 4.79 Å². The first-order valence-electron chi connectivity index (χ1n) is 6.14. The topological polar surface area (TPSA) is 63.6 Å². The number of allylic oxidation sites excluding steroid dienone is 1. The number of halogens is 2. The molecule has 2 rings (SSSR count). The predicted octanol–water partition coefficient (Wildman–Crippen LogP) is 4.95. The lowest BCUT2D eigenvalue weighted by Crippen LogP contribution is -2.02. The molecule has 0 radical (unpaired) electrons. The lowest BCUT2D eigenvalue weighted by atomic mass is 10.1. The number of carbonyl (C=O) groups excluding carboxylic acids is 1. The number of ether oxygens (including phenoxy) is 1. The predicted molar refractivity (Wildman–Crippen MR) is 84.9 cm³/mol. The van der Waals surface area contributed by atoms with Crippen LogP contribution in [0.5, 0.6) is 5.75 Å². The molecule has 6 heteroatoms. The first kappa shape index (κ1) is 16.1. The average molecular weight is 337 g/mol. The molecule has 4 nitrogen and oxygen atoms in total. The van der Waals surface area contributed by atoms with E-state index >= 15 is 0 Å². The molecule has 0 aliphatic heterocycles. The smallest absolute Gasteiger partial charge is 0.449 e. The minimum atomic E-state index is -1.38. The maximum atomic E-state index is 12.0. The molecule has 112 valence electrons. The molecule has 0 aliphatic carbocycles. The molecule has 0 spiro atoms. The Bertz CT molecular complexity index is 736. The summed E-state index contributed by atoms with van der Waals surface area (Å²) in [5, 5.41) is 9.18. The summed E-state index contributed by atoms with van der Waals surface area (Å²) in [6.45, 7) is 0. The van der Waals surface area contributed by atoms with Crippen molar-refractivity contribution in [3.8, 4) is 5.75 Å². The molecule has 0 amide bonds. The van der Waals surface area contributed by atoms with Gasteiger partial charge in [0, 0.05) is 5.56 Å². The van der Waals surface area contributed by atoms with Crippen molar-refractivity contribution >= 4 is 41.2 Å². The van der Waals surface area contributed by atoms with Crippen molar-refractivity contribution in [1.82, 2.24) is 0 Å². The van der Waals surface area contributed by atoms with Gasteiger partial charge in [0.1, 0.15) is 5.75 Å². The van der Waals surface area contributed by atoms with E-state index in [1.165, 1.54) is 24.3 Å². The van der Waals surface area contributed by atoms with Gasteiger partial charge in [0.2, 0.25) is 0 Å². The van der Waals surface area contributed by atoms with Crippen molar-refractivity contribution in [2.75, 3.05) is 0 Å². The van der Waals surface area contributed by atoms with Gasteiger partial charge in [-0.1, -0.05) is 41.4 Å². The normalized spacial score (nSPS) is 10.6. The van der Waals surface area contributed by atoms with Gasteiger partial charge in [-0.05, 0) is 42.0 Å². The van der Waals surface area contributed by atoms with Gasteiger partial charge >= 0.3 is 6.16 Å². The Labute approximate surface area is 136 Å². The summed E-state index contributed by atoms with van der Waals surface area (Å²) >= 11 is 11.7. The van der Waals surface area contributed by atoms with Crippen molar-refractivity contribution in [1.29, 1.82) is 0 Å². The van der Waals surface area contributed by atoms with E-state index in [-0.39, 0.29) is 11.5 Å². The molecule has 0 unspecified atom stereocenters. The molecule has 0 heterocycles. The fraction of sp³-hybridized carbons (Fsp3) is 0. The summed E-state index contributed by atoms with van der Waals surface area (Å²) in [5.41, 5.74) is 1.16. The van der Waals surface area contributed by atoms with Crippen molar-refractivity contribution in [3.05, 3.63) is 69.7 Å². The Kier molecular flexibility index (Phi) is 5.20. The van der Waals surface area contributed by atoms with Crippen LogP contribution in [0.25, 0.3) is 6.08 Å². The van der Waals surface area contributed by atoms with Crippen molar-refractivity contribution in [3.63, 3.8) is 0 Å². The van der Waals surface area contributed by atoms with E-state index in [0.29, 0.717) is 15.6 Å². The van der Waals surface area contributed by atoms with Gasteiger partial charge in [-0.2, -0.15) is 0 Å². The van der Waals surface area contributed by atoms with E-state index in [1.54, 1.807) is 30.3 Å². The van der Waals surface area contributed by atoms with Gasteiger partial charge in [0.15, 0.2) is 5.78 Å². The summed E-state index contributed by atoms with van der Waals surface area (Å²) < 4.78 is 4.49. The molecule has 0 saturated carbocycles. The summed E-state index contributed by atoms with van der Waals surface area (Å²) in [6, 6.07) is 10.9. The lowest BCUT2D eigenvalue weighted by molar-refractivity contribution is 0.104. The second kappa shape index (κ2) is 7.11. The van der Waals surface area contributed by atoms with Gasteiger partial charge in [0.25, 0.3) is 0 Å². The fourth-order valence-electron chi connectivity index (χ4n) is 1.67. The van der Waals surface area contributed by atoms with Crippen LogP contribution in [0.15, 0.2) is 48.5 Å². The molecule has 0 aromatic heterocycles. The van der Waals surface area contributed by atoms with Gasteiger partial charge in [0.05, 0.1) is 10.0 Å². The summed E-state index contributed by atoms with van der Waals surface area (Å²) in [6.07, 6.45) is 1.63. The van der Waals surface area contributed by atoms with Crippen molar-refractivity contribution in [2.24, 2.45) is 0 Å². The molecular formula is C16H10Cl2O4. The molecule has 1 N–H and O–H groups in total. The number of benzene rings is 2. The van der Waals surface area contributed by atoms with Gasteiger partial charge in [-0.25, -0.2) is 4.79 Å². The highest BCUT2D eigenvalue weighted by Gasteiger charge is 2.05. The number of ketones is 1. The fourth-order valence-corrected chi connectivity index (χ4v) is 1.96. The van der Waals surface area contributed by atoms with Crippen LogP contribution in [-0.4, -0.2) is 17.0 Å². The molecule has 0 atom stereocenters. The highest BCUT2D eigenvalue weighted by atomic mass is 35.5. The zero-order chi connectivity index (χ0) is 16.1. The molecule has 22 heavy (non-hydrogen) atoms. The van der Waals surface area contributed by atoms with Crippen molar-refractivity contribution < 1.29 is 19.4 Å².